The van der Waals surface area contributed by atoms with Gasteiger partial charge in [-0.1, -0.05) is 37.3 Å². The first kappa shape index (κ1) is 24.4. The maximum atomic E-state index is 10.1. The maximum Gasteiger partial charge on any atom is 0.0811 e. The predicted octanol–water partition coefficient (Wildman–Crippen LogP) is 5.01. The third kappa shape index (κ3) is 6.19. The van der Waals surface area contributed by atoms with Gasteiger partial charge in [0.2, 0.25) is 0 Å². The summed E-state index contributed by atoms with van der Waals surface area (Å²) < 4.78 is 6.03. The Morgan fingerprint density at radius 1 is 1.26 bits per heavy atom. The van der Waals surface area contributed by atoms with E-state index >= 15 is 0 Å². The molecule has 3 aliphatic carbocycles. The molecule has 4 atom stereocenters. The van der Waals surface area contributed by atoms with E-state index in [-0.39, 0.29) is 5.41 Å². The lowest BCUT2D eigenvalue weighted by atomic mass is 9.64. The lowest BCUT2D eigenvalue weighted by Gasteiger charge is -2.41. The van der Waals surface area contributed by atoms with E-state index in [4.69, 9.17) is 4.74 Å². The van der Waals surface area contributed by atoms with E-state index in [0.717, 1.165) is 49.9 Å². The first-order valence-electron chi connectivity index (χ1n) is 12.0. The Morgan fingerprint density at radius 3 is 2.77 bits per heavy atom. The normalized spacial score (nSPS) is 34.3. The smallest absolute Gasteiger partial charge is 0.0811 e. The van der Waals surface area contributed by atoms with Gasteiger partial charge < -0.3 is 20.1 Å². The number of unbranched alkanes of at least 4 members (excludes halogenated alkanes) is 1. The molecule has 3 N–H and O–H groups in total. The summed E-state index contributed by atoms with van der Waals surface area (Å²) in [5, 5.41) is 29.9. The summed E-state index contributed by atoms with van der Waals surface area (Å²) in [5.41, 5.74) is 4.22. The van der Waals surface area contributed by atoms with Gasteiger partial charge in [-0.3, -0.25) is 0 Å². The Hall–Kier alpha value is -1.20. The molecule has 31 heavy (non-hydrogen) atoms. The van der Waals surface area contributed by atoms with Crippen LogP contribution in [0.3, 0.4) is 0 Å². The highest BCUT2D eigenvalue weighted by Gasteiger charge is 2.44. The molecule has 0 aromatic rings. The molecule has 0 spiro atoms. The van der Waals surface area contributed by atoms with Gasteiger partial charge in [0.1, 0.15) is 0 Å². The lowest BCUT2D eigenvalue weighted by Crippen LogP contribution is -2.32. The van der Waals surface area contributed by atoms with Gasteiger partial charge in [0.15, 0.2) is 0 Å². The largest absolute Gasteiger partial charge is 0.393 e. The molecule has 0 aromatic heterocycles. The molecule has 174 valence electrons. The first-order chi connectivity index (χ1) is 14.6. The summed E-state index contributed by atoms with van der Waals surface area (Å²) >= 11 is 0. The van der Waals surface area contributed by atoms with Crippen LogP contribution in [0, 0.1) is 11.3 Å². The minimum absolute atomic E-state index is 0.165. The molecule has 3 aliphatic rings. The third-order valence-electron chi connectivity index (χ3n) is 7.56. The molecule has 4 nitrogen and oxygen atoms in total. The monoisotopic (exact) mass is 430 g/mol. The second-order valence-corrected chi connectivity index (χ2v) is 10.7. The van der Waals surface area contributed by atoms with Crippen LogP contribution in [0.4, 0.5) is 0 Å². The number of allylic oxidation sites excluding steroid dienone is 4. The Kier molecular flexibility index (Phi) is 8.01. The van der Waals surface area contributed by atoms with Crippen molar-refractivity contribution in [1.82, 2.24) is 0 Å². The summed E-state index contributed by atoms with van der Waals surface area (Å²) in [6.45, 7) is 11.6. The number of fused-ring (bicyclic) bond motifs is 1. The standard InChI is InChI=1S/C27H42O4/c1-19-21(16-23(28)17-25(19)29)10-9-20-8-7-14-27(4)22(11-12-24(20)27)18-31-15-6-5-13-26(2,3)30/h9-11,23-25,28-30H,1,5-8,12-18H2,2-4H3/b20-9+,21-10-/t23-,24+,25+,27-/m1/s1. The van der Waals surface area contributed by atoms with E-state index < -0.39 is 17.8 Å². The van der Waals surface area contributed by atoms with Gasteiger partial charge in [-0.05, 0) is 93.3 Å². The van der Waals surface area contributed by atoms with Crippen molar-refractivity contribution in [3.8, 4) is 0 Å². The van der Waals surface area contributed by atoms with Crippen molar-refractivity contribution in [3.63, 3.8) is 0 Å². The fourth-order valence-corrected chi connectivity index (χ4v) is 5.54. The molecule has 0 aliphatic heterocycles. The number of aliphatic hydroxyl groups is 3. The van der Waals surface area contributed by atoms with Crippen LogP contribution in [0.1, 0.15) is 78.6 Å². The molecule has 0 unspecified atom stereocenters. The summed E-state index contributed by atoms with van der Waals surface area (Å²) in [5.74, 6) is 0.513. The predicted molar refractivity (Wildman–Crippen MR) is 126 cm³/mol. The fourth-order valence-electron chi connectivity index (χ4n) is 5.54. The molecular formula is C27H42O4. The molecule has 0 radical (unpaired) electrons. The molecule has 0 aromatic carbocycles. The van der Waals surface area contributed by atoms with Crippen LogP contribution in [0.25, 0.3) is 0 Å². The molecule has 0 bridgehead atoms. The molecule has 0 saturated heterocycles. The zero-order valence-electron chi connectivity index (χ0n) is 19.7. The van der Waals surface area contributed by atoms with E-state index in [0.29, 0.717) is 25.4 Å². The van der Waals surface area contributed by atoms with E-state index in [9.17, 15) is 15.3 Å². The van der Waals surface area contributed by atoms with Crippen LogP contribution in [0.15, 0.2) is 47.1 Å². The fraction of sp³-hybridized carbons (Fsp3) is 0.704. The maximum absolute atomic E-state index is 10.1. The molecule has 0 heterocycles. The van der Waals surface area contributed by atoms with Crippen LogP contribution in [0.5, 0.6) is 0 Å². The Balaban J connectivity index is 1.57. The van der Waals surface area contributed by atoms with Crippen LogP contribution in [-0.4, -0.2) is 46.3 Å². The molecule has 2 fully saturated rings. The van der Waals surface area contributed by atoms with Crippen LogP contribution in [-0.2, 0) is 4.74 Å². The number of rotatable bonds is 8. The van der Waals surface area contributed by atoms with Crippen molar-refractivity contribution in [1.29, 1.82) is 0 Å². The van der Waals surface area contributed by atoms with E-state index in [1.165, 1.54) is 24.0 Å². The quantitative estimate of drug-likeness (QED) is 0.374. The second-order valence-electron chi connectivity index (χ2n) is 10.7. The Morgan fingerprint density at radius 2 is 2.03 bits per heavy atom. The number of hydrogen-bond acceptors (Lipinski definition) is 4. The van der Waals surface area contributed by atoms with Crippen LogP contribution in [0.2, 0.25) is 0 Å². The minimum Gasteiger partial charge on any atom is -0.393 e. The van der Waals surface area contributed by atoms with E-state index in [2.05, 4.69) is 31.7 Å². The van der Waals surface area contributed by atoms with Gasteiger partial charge in [0, 0.05) is 13.0 Å². The second kappa shape index (κ2) is 10.2. The summed E-state index contributed by atoms with van der Waals surface area (Å²) in [4.78, 5) is 0. The van der Waals surface area contributed by atoms with Crippen molar-refractivity contribution >= 4 is 0 Å². The SMILES string of the molecule is C=C1/C(=C\C=C2/CCC[C@]3(C)C(COCCCCC(C)(C)O)=CC[C@@H]23)C[C@@H](O)C[C@@H]1O. The third-order valence-corrected chi connectivity index (χ3v) is 7.56. The number of aliphatic hydroxyl groups excluding tert-OH is 2. The van der Waals surface area contributed by atoms with E-state index in [1.54, 1.807) is 0 Å². The molecule has 2 saturated carbocycles. The zero-order chi connectivity index (χ0) is 22.6. The summed E-state index contributed by atoms with van der Waals surface area (Å²) in [7, 11) is 0. The lowest BCUT2D eigenvalue weighted by molar-refractivity contribution is 0.0631. The topological polar surface area (TPSA) is 69.9 Å². The van der Waals surface area contributed by atoms with Crippen molar-refractivity contribution < 1.29 is 20.1 Å². The minimum atomic E-state index is -0.634. The average Bonchev–Trinajstić information content (AvgIpc) is 3.02. The van der Waals surface area contributed by atoms with Gasteiger partial charge in [-0.2, -0.15) is 0 Å². The highest BCUT2D eigenvalue weighted by atomic mass is 16.5. The van der Waals surface area contributed by atoms with Crippen molar-refractivity contribution in [2.24, 2.45) is 11.3 Å². The van der Waals surface area contributed by atoms with Crippen molar-refractivity contribution in [3.05, 3.63) is 47.1 Å². The Bertz CT molecular complexity index is 739. The van der Waals surface area contributed by atoms with Crippen LogP contribution < -0.4 is 0 Å². The number of hydrogen-bond donors (Lipinski definition) is 3. The number of ether oxygens (including phenoxy) is 1. The molecule has 3 rings (SSSR count). The van der Waals surface area contributed by atoms with Crippen LogP contribution >= 0.6 is 0 Å². The summed E-state index contributed by atoms with van der Waals surface area (Å²) in [6, 6.07) is 0. The first-order valence-corrected chi connectivity index (χ1v) is 12.0. The molecule has 4 heteroatoms. The summed E-state index contributed by atoms with van der Waals surface area (Å²) in [6.07, 6.45) is 13.9. The molecular weight excluding hydrogens is 388 g/mol. The Labute approximate surface area is 188 Å². The van der Waals surface area contributed by atoms with Crippen molar-refractivity contribution in [2.75, 3.05) is 13.2 Å². The average molecular weight is 431 g/mol. The van der Waals surface area contributed by atoms with Gasteiger partial charge in [0.05, 0.1) is 24.4 Å². The van der Waals surface area contributed by atoms with Gasteiger partial charge in [-0.25, -0.2) is 0 Å². The van der Waals surface area contributed by atoms with E-state index in [1.807, 2.05) is 13.8 Å². The highest BCUT2D eigenvalue weighted by molar-refractivity contribution is 5.40. The van der Waals surface area contributed by atoms with Gasteiger partial charge in [-0.15, -0.1) is 0 Å². The molecule has 0 amide bonds. The zero-order valence-corrected chi connectivity index (χ0v) is 19.7. The van der Waals surface area contributed by atoms with Gasteiger partial charge >= 0.3 is 0 Å². The van der Waals surface area contributed by atoms with Crippen molar-refractivity contribution in [2.45, 2.75) is 96.4 Å². The van der Waals surface area contributed by atoms with Gasteiger partial charge in [0.25, 0.3) is 0 Å². The highest BCUT2D eigenvalue weighted by Crippen LogP contribution is 2.54.